The van der Waals surface area contributed by atoms with Gasteiger partial charge in [-0.1, -0.05) is 0 Å². The van der Waals surface area contributed by atoms with Gasteiger partial charge in [-0.15, -0.1) is 0 Å². The van der Waals surface area contributed by atoms with Gasteiger partial charge in [0.1, 0.15) is 11.8 Å². The molecule has 0 aliphatic carbocycles. The molecule has 0 unspecified atom stereocenters. The molecule has 0 spiro atoms. The molecule has 1 aliphatic rings. The molecule has 1 aromatic rings. The second-order valence-corrected chi connectivity index (χ2v) is 5.16. The van der Waals surface area contributed by atoms with Crippen molar-refractivity contribution in [1.82, 2.24) is 10.6 Å². The quantitative estimate of drug-likeness (QED) is 0.883. The average Bonchev–Trinajstić information content (AvgIpc) is 2.42. The van der Waals surface area contributed by atoms with Gasteiger partial charge in [-0.25, -0.2) is 0 Å². The van der Waals surface area contributed by atoms with Crippen LogP contribution in [-0.4, -0.2) is 31.5 Å². The second kappa shape index (κ2) is 6.06. The highest BCUT2D eigenvalue weighted by Crippen LogP contribution is 2.22. The van der Waals surface area contributed by atoms with Crippen LogP contribution in [0.1, 0.15) is 23.2 Å². The smallest absolute Gasteiger partial charge is 0.253 e. The lowest BCUT2D eigenvalue weighted by molar-refractivity contribution is -0.124. The fourth-order valence-electron chi connectivity index (χ4n) is 1.95. The maximum absolute atomic E-state index is 12.2. The molecule has 1 atom stereocenters. The summed E-state index contributed by atoms with van der Waals surface area (Å²) >= 11 is 3.32. The summed E-state index contributed by atoms with van der Waals surface area (Å²) in [6, 6.07) is 4.68. The Morgan fingerprint density at radius 1 is 1.53 bits per heavy atom. The number of ether oxygens (including phenoxy) is 1. The molecule has 2 N–H and O–H groups in total. The lowest BCUT2D eigenvalue weighted by Crippen LogP contribution is -2.50. The Hall–Kier alpha value is -1.56. The summed E-state index contributed by atoms with van der Waals surface area (Å²) in [4.78, 5) is 23.8. The minimum Gasteiger partial charge on any atom is -0.497 e. The van der Waals surface area contributed by atoms with Crippen LogP contribution in [0, 0.1) is 0 Å². The first-order chi connectivity index (χ1) is 9.11. The van der Waals surface area contributed by atoms with Gasteiger partial charge < -0.3 is 15.4 Å². The fraction of sp³-hybridized carbons (Fsp3) is 0.385. The van der Waals surface area contributed by atoms with Crippen molar-refractivity contribution in [2.24, 2.45) is 0 Å². The number of benzene rings is 1. The molecule has 6 heteroatoms. The van der Waals surface area contributed by atoms with Crippen LogP contribution >= 0.6 is 15.9 Å². The minimum atomic E-state index is -0.459. The van der Waals surface area contributed by atoms with Crippen molar-refractivity contribution >= 4 is 27.7 Å². The third-order valence-corrected chi connectivity index (χ3v) is 3.70. The lowest BCUT2D eigenvalue weighted by Gasteiger charge is -2.23. The highest BCUT2D eigenvalue weighted by molar-refractivity contribution is 9.10. The molecule has 0 aromatic heterocycles. The van der Waals surface area contributed by atoms with Gasteiger partial charge in [0.15, 0.2) is 0 Å². The molecular formula is C13H15BrN2O3. The van der Waals surface area contributed by atoms with Gasteiger partial charge in [-0.2, -0.15) is 0 Å². The number of nitrogens with one attached hydrogen (secondary N) is 2. The number of piperidine rings is 1. The van der Waals surface area contributed by atoms with Crippen molar-refractivity contribution in [1.29, 1.82) is 0 Å². The van der Waals surface area contributed by atoms with Crippen LogP contribution in [0.25, 0.3) is 0 Å². The van der Waals surface area contributed by atoms with E-state index in [0.29, 0.717) is 28.8 Å². The van der Waals surface area contributed by atoms with Crippen LogP contribution in [-0.2, 0) is 4.79 Å². The highest BCUT2D eigenvalue weighted by Gasteiger charge is 2.24. The van der Waals surface area contributed by atoms with Gasteiger partial charge in [-0.3, -0.25) is 9.59 Å². The summed E-state index contributed by atoms with van der Waals surface area (Å²) in [5.41, 5.74) is 0.456. The molecule has 1 fully saturated rings. The molecule has 1 heterocycles. The van der Waals surface area contributed by atoms with E-state index in [2.05, 4.69) is 26.6 Å². The maximum Gasteiger partial charge on any atom is 0.253 e. The van der Waals surface area contributed by atoms with E-state index >= 15 is 0 Å². The number of amides is 2. The molecule has 0 bridgehead atoms. The summed E-state index contributed by atoms with van der Waals surface area (Å²) in [5.74, 6) is 0.188. The van der Waals surface area contributed by atoms with E-state index in [1.807, 2.05) is 0 Å². The third-order valence-electron chi connectivity index (χ3n) is 3.01. The van der Waals surface area contributed by atoms with Crippen LogP contribution in [0.5, 0.6) is 5.75 Å². The topological polar surface area (TPSA) is 67.4 Å². The number of halogens is 1. The fourth-order valence-corrected chi connectivity index (χ4v) is 2.38. The van der Waals surface area contributed by atoms with E-state index in [1.165, 1.54) is 0 Å². The first kappa shape index (κ1) is 13.9. The predicted molar refractivity (Wildman–Crippen MR) is 74.2 cm³/mol. The molecular weight excluding hydrogens is 312 g/mol. The Morgan fingerprint density at radius 3 is 3.00 bits per heavy atom. The average molecular weight is 327 g/mol. The Balaban J connectivity index is 2.13. The lowest BCUT2D eigenvalue weighted by atomic mass is 10.1. The second-order valence-electron chi connectivity index (χ2n) is 4.31. The normalized spacial score (nSPS) is 18.6. The van der Waals surface area contributed by atoms with E-state index in [9.17, 15) is 9.59 Å². The zero-order chi connectivity index (χ0) is 13.8. The van der Waals surface area contributed by atoms with E-state index in [0.717, 1.165) is 6.42 Å². The highest BCUT2D eigenvalue weighted by atomic mass is 79.9. The molecule has 0 radical (unpaired) electrons. The summed E-state index contributed by atoms with van der Waals surface area (Å²) < 4.78 is 5.76. The number of carbonyl (C=O) groups excluding carboxylic acids is 2. The van der Waals surface area contributed by atoms with Crippen molar-refractivity contribution in [3.05, 3.63) is 28.2 Å². The van der Waals surface area contributed by atoms with Gasteiger partial charge in [0, 0.05) is 11.0 Å². The number of carbonyl (C=O) groups is 2. The van der Waals surface area contributed by atoms with Gasteiger partial charge in [0.05, 0.1) is 12.7 Å². The van der Waals surface area contributed by atoms with Crippen molar-refractivity contribution < 1.29 is 14.3 Å². The van der Waals surface area contributed by atoms with Gasteiger partial charge >= 0.3 is 0 Å². The van der Waals surface area contributed by atoms with E-state index in [1.54, 1.807) is 25.3 Å². The van der Waals surface area contributed by atoms with Crippen LogP contribution in [0.3, 0.4) is 0 Å². The predicted octanol–water partition coefficient (Wildman–Crippen LogP) is 1.47. The standard InChI is InChI=1S/C13H15BrN2O3/c1-19-8-4-5-10(14)9(7-8)12(17)16-11-3-2-6-15-13(11)18/h4-5,7,11H,2-3,6H2,1H3,(H,15,18)(H,16,17)/t11-/m0/s1. The van der Waals surface area contributed by atoms with E-state index < -0.39 is 6.04 Å². The molecule has 0 saturated carbocycles. The van der Waals surface area contributed by atoms with E-state index in [4.69, 9.17) is 4.74 Å². The first-order valence-corrected chi connectivity index (χ1v) is 6.83. The number of methoxy groups -OCH3 is 1. The van der Waals surface area contributed by atoms with Crippen LogP contribution in [0.2, 0.25) is 0 Å². The first-order valence-electron chi connectivity index (χ1n) is 6.04. The zero-order valence-electron chi connectivity index (χ0n) is 10.5. The number of hydrogen-bond acceptors (Lipinski definition) is 3. The van der Waals surface area contributed by atoms with Crippen molar-refractivity contribution in [3.8, 4) is 5.75 Å². The Labute approximate surface area is 119 Å². The molecule has 1 saturated heterocycles. The van der Waals surface area contributed by atoms with Crippen LogP contribution < -0.4 is 15.4 Å². The molecule has 102 valence electrons. The Kier molecular flexibility index (Phi) is 4.42. The number of rotatable bonds is 3. The summed E-state index contributed by atoms with van der Waals surface area (Å²) in [6.07, 6.45) is 1.54. The summed E-state index contributed by atoms with van der Waals surface area (Å²) in [5, 5.41) is 5.48. The monoisotopic (exact) mass is 326 g/mol. The molecule has 19 heavy (non-hydrogen) atoms. The summed E-state index contributed by atoms with van der Waals surface area (Å²) in [7, 11) is 1.54. The maximum atomic E-state index is 12.2. The van der Waals surface area contributed by atoms with Crippen molar-refractivity contribution in [3.63, 3.8) is 0 Å². The van der Waals surface area contributed by atoms with Crippen molar-refractivity contribution in [2.45, 2.75) is 18.9 Å². The Bertz CT molecular complexity index is 505. The van der Waals surface area contributed by atoms with Gasteiger partial charge in [0.25, 0.3) is 5.91 Å². The molecule has 2 amide bonds. The van der Waals surface area contributed by atoms with Crippen molar-refractivity contribution in [2.75, 3.05) is 13.7 Å². The molecule has 5 nitrogen and oxygen atoms in total. The van der Waals surface area contributed by atoms with Gasteiger partial charge in [-0.05, 0) is 47.0 Å². The Morgan fingerprint density at radius 2 is 2.32 bits per heavy atom. The van der Waals surface area contributed by atoms with Gasteiger partial charge in [0.2, 0.25) is 5.91 Å². The van der Waals surface area contributed by atoms with Crippen LogP contribution in [0.4, 0.5) is 0 Å². The zero-order valence-corrected chi connectivity index (χ0v) is 12.1. The molecule has 2 rings (SSSR count). The minimum absolute atomic E-state index is 0.126. The molecule has 1 aliphatic heterocycles. The third kappa shape index (κ3) is 3.26. The number of hydrogen-bond donors (Lipinski definition) is 2. The molecule has 1 aromatic carbocycles. The van der Waals surface area contributed by atoms with Crippen LogP contribution in [0.15, 0.2) is 22.7 Å². The van der Waals surface area contributed by atoms with E-state index in [-0.39, 0.29) is 11.8 Å². The largest absolute Gasteiger partial charge is 0.497 e. The SMILES string of the molecule is COc1ccc(Br)c(C(=O)N[C@H]2CCCNC2=O)c1. The summed E-state index contributed by atoms with van der Waals surface area (Å²) in [6.45, 7) is 0.675.